The van der Waals surface area contributed by atoms with Crippen LogP contribution >= 0.6 is 23.2 Å². The van der Waals surface area contributed by atoms with Crippen molar-refractivity contribution < 1.29 is 14.1 Å². The first-order chi connectivity index (χ1) is 9.99. The van der Waals surface area contributed by atoms with Gasteiger partial charge in [0.25, 0.3) is 5.91 Å². The SMILES string of the molecule is C[C@H](c1ccon1)N(C)C(=O)COc1ccc(Cl)cc1Cl. The van der Waals surface area contributed by atoms with Crippen LogP contribution in [0, 0.1) is 0 Å². The van der Waals surface area contributed by atoms with Gasteiger partial charge >= 0.3 is 0 Å². The number of nitrogens with zero attached hydrogens (tertiary/aromatic N) is 2. The zero-order valence-electron chi connectivity index (χ0n) is 11.5. The third-order valence-electron chi connectivity index (χ3n) is 3.11. The molecule has 5 nitrogen and oxygen atoms in total. The van der Waals surface area contributed by atoms with E-state index in [2.05, 4.69) is 5.16 Å². The van der Waals surface area contributed by atoms with Gasteiger partial charge in [0.15, 0.2) is 6.61 Å². The maximum atomic E-state index is 12.1. The lowest BCUT2D eigenvalue weighted by Gasteiger charge is -2.23. The van der Waals surface area contributed by atoms with E-state index in [0.717, 1.165) is 0 Å². The molecule has 0 bridgehead atoms. The molecule has 0 saturated carbocycles. The maximum absolute atomic E-state index is 12.1. The van der Waals surface area contributed by atoms with Crippen LogP contribution in [0.15, 0.2) is 35.1 Å². The smallest absolute Gasteiger partial charge is 0.260 e. The second kappa shape index (κ2) is 6.83. The summed E-state index contributed by atoms with van der Waals surface area (Å²) in [5.74, 6) is 0.216. The van der Waals surface area contributed by atoms with Crippen LogP contribution in [0.25, 0.3) is 0 Å². The zero-order chi connectivity index (χ0) is 15.4. The number of hydrogen-bond donors (Lipinski definition) is 0. The highest BCUT2D eigenvalue weighted by Crippen LogP contribution is 2.27. The van der Waals surface area contributed by atoms with Gasteiger partial charge in [0.2, 0.25) is 0 Å². The molecule has 0 radical (unpaired) electrons. The van der Waals surface area contributed by atoms with Crippen molar-refractivity contribution >= 4 is 29.1 Å². The highest BCUT2D eigenvalue weighted by molar-refractivity contribution is 6.35. The summed E-state index contributed by atoms with van der Waals surface area (Å²) in [5, 5.41) is 4.69. The van der Waals surface area contributed by atoms with E-state index < -0.39 is 0 Å². The van der Waals surface area contributed by atoms with E-state index >= 15 is 0 Å². The molecule has 1 aromatic carbocycles. The Balaban J connectivity index is 1.95. The quantitative estimate of drug-likeness (QED) is 0.841. The first-order valence-electron chi connectivity index (χ1n) is 6.23. The fraction of sp³-hybridized carbons (Fsp3) is 0.286. The van der Waals surface area contributed by atoms with Crippen LogP contribution in [0.3, 0.4) is 0 Å². The second-order valence-electron chi connectivity index (χ2n) is 4.47. The normalized spacial score (nSPS) is 12.0. The van der Waals surface area contributed by atoms with E-state index in [9.17, 15) is 4.79 Å². The second-order valence-corrected chi connectivity index (χ2v) is 5.31. The molecule has 1 aromatic heterocycles. The Labute approximate surface area is 132 Å². The van der Waals surface area contributed by atoms with Gasteiger partial charge in [0, 0.05) is 18.1 Å². The van der Waals surface area contributed by atoms with E-state index in [0.29, 0.717) is 21.5 Å². The molecule has 0 saturated heterocycles. The number of halogens is 2. The molecule has 7 heteroatoms. The fourth-order valence-electron chi connectivity index (χ4n) is 1.69. The van der Waals surface area contributed by atoms with Crippen molar-refractivity contribution in [1.29, 1.82) is 0 Å². The number of ether oxygens (including phenoxy) is 1. The Bertz CT molecular complexity index is 617. The molecule has 1 heterocycles. The molecule has 0 fully saturated rings. The van der Waals surface area contributed by atoms with Crippen LogP contribution in [0.5, 0.6) is 5.75 Å². The lowest BCUT2D eigenvalue weighted by Crippen LogP contribution is -2.33. The first kappa shape index (κ1) is 15.7. The molecule has 1 amide bonds. The Morgan fingerprint density at radius 3 is 2.81 bits per heavy atom. The number of benzene rings is 1. The fourth-order valence-corrected chi connectivity index (χ4v) is 2.15. The van der Waals surface area contributed by atoms with Gasteiger partial charge in [-0.25, -0.2) is 0 Å². The summed E-state index contributed by atoms with van der Waals surface area (Å²) in [5.41, 5.74) is 0.676. The minimum absolute atomic E-state index is 0.125. The van der Waals surface area contributed by atoms with Crippen molar-refractivity contribution in [1.82, 2.24) is 10.1 Å². The van der Waals surface area contributed by atoms with Crippen molar-refractivity contribution in [2.75, 3.05) is 13.7 Å². The predicted molar refractivity (Wildman–Crippen MR) is 79.6 cm³/mol. The average Bonchev–Trinajstić information content (AvgIpc) is 2.98. The molecule has 0 aliphatic heterocycles. The average molecular weight is 329 g/mol. The molecular formula is C14H14Cl2N2O3. The number of rotatable bonds is 5. The van der Waals surface area contributed by atoms with Gasteiger partial charge in [-0.3, -0.25) is 4.79 Å². The monoisotopic (exact) mass is 328 g/mol. The van der Waals surface area contributed by atoms with Gasteiger partial charge in [0.1, 0.15) is 17.7 Å². The molecule has 2 aromatic rings. The van der Waals surface area contributed by atoms with Crippen LogP contribution in [0.4, 0.5) is 0 Å². The largest absolute Gasteiger partial charge is 0.482 e. The topological polar surface area (TPSA) is 55.6 Å². The summed E-state index contributed by atoms with van der Waals surface area (Å²) < 4.78 is 10.2. The molecule has 112 valence electrons. The van der Waals surface area contributed by atoms with E-state index in [-0.39, 0.29) is 18.6 Å². The van der Waals surface area contributed by atoms with Gasteiger partial charge in [-0.2, -0.15) is 0 Å². The Morgan fingerprint density at radius 1 is 1.43 bits per heavy atom. The Morgan fingerprint density at radius 2 is 2.19 bits per heavy atom. The van der Waals surface area contributed by atoms with Gasteiger partial charge < -0.3 is 14.2 Å². The number of aromatic nitrogens is 1. The van der Waals surface area contributed by atoms with Crippen molar-refractivity contribution in [3.63, 3.8) is 0 Å². The molecule has 0 aliphatic rings. The lowest BCUT2D eigenvalue weighted by atomic mass is 10.2. The zero-order valence-corrected chi connectivity index (χ0v) is 13.1. The predicted octanol–water partition coefficient (Wildman–Crippen LogP) is 3.58. The van der Waals surface area contributed by atoms with E-state index in [4.69, 9.17) is 32.5 Å². The molecule has 21 heavy (non-hydrogen) atoms. The van der Waals surface area contributed by atoms with Gasteiger partial charge in [-0.15, -0.1) is 0 Å². The molecule has 2 rings (SSSR count). The number of hydrogen-bond acceptors (Lipinski definition) is 4. The van der Waals surface area contributed by atoms with E-state index in [1.54, 1.807) is 31.3 Å². The standard InChI is InChI=1S/C14H14Cl2N2O3/c1-9(12-5-6-21-17-12)18(2)14(19)8-20-13-4-3-10(15)7-11(13)16/h3-7,9H,8H2,1-2H3/t9-/m1/s1. The van der Waals surface area contributed by atoms with Crippen molar-refractivity contribution in [3.8, 4) is 5.75 Å². The number of carbonyl (C=O) groups is 1. The van der Waals surface area contributed by atoms with Crippen LogP contribution < -0.4 is 4.74 Å². The Hall–Kier alpha value is -1.72. The third-order valence-corrected chi connectivity index (χ3v) is 3.64. The summed E-state index contributed by atoms with van der Waals surface area (Å²) in [6, 6.07) is 6.34. The Kier molecular flexibility index (Phi) is 5.09. The molecule has 0 spiro atoms. The van der Waals surface area contributed by atoms with Crippen LogP contribution in [-0.2, 0) is 4.79 Å². The molecule has 0 N–H and O–H groups in total. The molecular weight excluding hydrogens is 315 g/mol. The van der Waals surface area contributed by atoms with Crippen molar-refractivity contribution in [2.45, 2.75) is 13.0 Å². The van der Waals surface area contributed by atoms with Crippen molar-refractivity contribution in [2.24, 2.45) is 0 Å². The highest BCUT2D eigenvalue weighted by Gasteiger charge is 2.20. The number of carbonyl (C=O) groups excluding carboxylic acids is 1. The van der Waals surface area contributed by atoms with Crippen LogP contribution in [-0.4, -0.2) is 29.6 Å². The number of likely N-dealkylation sites (N-methyl/N-ethyl adjacent to an activating group) is 1. The maximum Gasteiger partial charge on any atom is 0.260 e. The summed E-state index contributed by atoms with van der Waals surface area (Å²) in [6.07, 6.45) is 1.47. The first-order valence-corrected chi connectivity index (χ1v) is 6.98. The number of amides is 1. The molecule has 1 atom stereocenters. The van der Waals surface area contributed by atoms with Crippen molar-refractivity contribution in [3.05, 3.63) is 46.3 Å². The van der Waals surface area contributed by atoms with E-state index in [1.807, 2.05) is 6.92 Å². The summed E-state index contributed by atoms with van der Waals surface area (Å²) >= 11 is 11.8. The molecule has 0 aliphatic carbocycles. The van der Waals surface area contributed by atoms with Gasteiger partial charge in [-0.05, 0) is 25.1 Å². The third kappa shape index (κ3) is 3.89. The van der Waals surface area contributed by atoms with Gasteiger partial charge in [-0.1, -0.05) is 28.4 Å². The summed E-state index contributed by atoms with van der Waals surface area (Å²) in [6.45, 7) is 1.73. The van der Waals surface area contributed by atoms with Crippen LogP contribution in [0.2, 0.25) is 10.0 Å². The minimum atomic E-state index is -0.208. The van der Waals surface area contributed by atoms with Gasteiger partial charge in [0.05, 0.1) is 11.1 Å². The molecule has 0 unspecified atom stereocenters. The lowest BCUT2D eigenvalue weighted by molar-refractivity contribution is -0.134. The minimum Gasteiger partial charge on any atom is -0.482 e. The summed E-state index contributed by atoms with van der Waals surface area (Å²) in [4.78, 5) is 13.6. The van der Waals surface area contributed by atoms with E-state index in [1.165, 1.54) is 11.2 Å². The highest BCUT2D eigenvalue weighted by atomic mass is 35.5. The summed E-state index contributed by atoms with van der Waals surface area (Å²) in [7, 11) is 1.68. The van der Waals surface area contributed by atoms with Crippen LogP contribution in [0.1, 0.15) is 18.7 Å².